The molecule has 1 aromatic carbocycles. The van der Waals surface area contributed by atoms with Gasteiger partial charge in [-0.1, -0.05) is 53.9 Å². The average Bonchev–Trinajstić information content (AvgIpc) is 2.97. The number of amides is 1. The van der Waals surface area contributed by atoms with E-state index in [9.17, 15) is 4.79 Å². The van der Waals surface area contributed by atoms with E-state index in [1.54, 1.807) is 25.1 Å². The lowest BCUT2D eigenvalue weighted by atomic mass is 10.3. The maximum Gasteiger partial charge on any atom is 0.266 e. The zero-order valence-corrected chi connectivity index (χ0v) is 15.1. The van der Waals surface area contributed by atoms with Crippen molar-refractivity contribution in [3.05, 3.63) is 33.3 Å². The molecule has 0 radical (unpaired) electrons. The smallest absolute Gasteiger partial charge is 0.266 e. The molecule has 0 fully saturated rings. The first kappa shape index (κ1) is 18.0. The standard InChI is InChI=1S/C15H17Cl2N3O2S/c1-3-4-8-12-19-20-15(23-12)18-14(21)9(2)22-11-7-5-6-10(16)13(11)17/h5-7,9H,3-4,8H2,1-2H3,(H,18,20,21). The van der Waals surface area contributed by atoms with Crippen LogP contribution in [0.1, 0.15) is 31.7 Å². The monoisotopic (exact) mass is 373 g/mol. The lowest BCUT2D eigenvalue weighted by Gasteiger charge is -2.14. The molecule has 1 amide bonds. The number of aryl methyl sites for hydroxylation is 1. The van der Waals surface area contributed by atoms with Crippen LogP contribution in [0.5, 0.6) is 5.75 Å². The summed E-state index contributed by atoms with van der Waals surface area (Å²) in [5, 5.41) is 12.7. The molecule has 124 valence electrons. The molecular formula is C15H17Cl2N3O2S. The Hall–Kier alpha value is -1.37. The van der Waals surface area contributed by atoms with Crippen LogP contribution in [0.2, 0.25) is 10.0 Å². The Morgan fingerprint density at radius 1 is 1.39 bits per heavy atom. The summed E-state index contributed by atoms with van der Waals surface area (Å²) in [6.45, 7) is 3.75. The van der Waals surface area contributed by atoms with Gasteiger partial charge in [0, 0.05) is 6.42 Å². The zero-order valence-electron chi connectivity index (χ0n) is 12.8. The number of carbonyl (C=O) groups is 1. The Labute approximate surface area is 149 Å². The van der Waals surface area contributed by atoms with Crippen LogP contribution in [0, 0.1) is 0 Å². The Morgan fingerprint density at radius 3 is 2.91 bits per heavy atom. The molecule has 0 aliphatic rings. The lowest BCUT2D eigenvalue weighted by molar-refractivity contribution is -0.122. The molecule has 0 saturated carbocycles. The molecule has 0 saturated heterocycles. The molecule has 1 aromatic heterocycles. The van der Waals surface area contributed by atoms with E-state index in [0.717, 1.165) is 24.3 Å². The Balaban J connectivity index is 1.94. The van der Waals surface area contributed by atoms with Crippen molar-refractivity contribution in [3.8, 4) is 5.75 Å². The number of rotatable bonds is 7. The van der Waals surface area contributed by atoms with E-state index in [0.29, 0.717) is 15.9 Å². The number of ether oxygens (including phenoxy) is 1. The third-order valence-electron chi connectivity index (χ3n) is 3.03. The van der Waals surface area contributed by atoms with Gasteiger partial charge in [-0.05, 0) is 25.5 Å². The molecule has 0 spiro atoms. The van der Waals surface area contributed by atoms with Gasteiger partial charge in [0.1, 0.15) is 15.8 Å². The van der Waals surface area contributed by atoms with E-state index < -0.39 is 6.10 Å². The van der Waals surface area contributed by atoms with Gasteiger partial charge >= 0.3 is 0 Å². The first-order valence-corrected chi connectivity index (χ1v) is 8.82. The third-order valence-corrected chi connectivity index (χ3v) is 4.73. The number of hydrogen-bond acceptors (Lipinski definition) is 5. The minimum atomic E-state index is -0.742. The van der Waals surface area contributed by atoms with Crippen LogP contribution in [-0.4, -0.2) is 22.2 Å². The van der Waals surface area contributed by atoms with E-state index in [4.69, 9.17) is 27.9 Å². The summed E-state index contributed by atoms with van der Waals surface area (Å²) in [6.07, 6.45) is 2.27. The molecule has 23 heavy (non-hydrogen) atoms. The number of nitrogens with zero attached hydrogens (tertiary/aromatic N) is 2. The van der Waals surface area contributed by atoms with Crippen molar-refractivity contribution in [2.45, 2.75) is 39.2 Å². The Morgan fingerprint density at radius 2 is 2.17 bits per heavy atom. The van der Waals surface area contributed by atoms with Gasteiger partial charge in [-0.25, -0.2) is 0 Å². The highest BCUT2D eigenvalue weighted by molar-refractivity contribution is 7.15. The summed E-state index contributed by atoms with van der Waals surface area (Å²) in [7, 11) is 0. The Bertz CT molecular complexity index is 678. The van der Waals surface area contributed by atoms with E-state index in [2.05, 4.69) is 22.4 Å². The van der Waals surface area contributed by atoms with Crippen molar-refractivity contribution in [3.63, 3.8) is 0 Å². The average molecular weight is 374 g/mol. The van der Waals surface area contributed by atoms with E-state index in [1.807, 2.05) is 0 Å². The molecule has 1 N–H and O–H groups in total. The number of halogens is 2. The topological polar surface area (TPSA) is 64.1 Å². The van der Waals surface area contributed by atoms with Crippen LogP contribution in [0.3, 0.4) is 0 Å². The number of unbranched alkanes of at least 4 members (excludes halogenated alkanes) is 1. The lowest BCUT2D eigenvalue weighted by Crippen LogP contribution is -2.30. The molecule has 1 unspecified atom stereocenters. The van der Waals surface area contributed by atoms with Crippen LogP contribution in [0.15, 0.2) is 18.2 Å². The highest BCUT2D eigenvalue weighted by Crippen LogP contribution is 2.32. The van der Waals surface area contributed by atoms with Crippen molar-refractivity contribution >= 4 is 45.6 Å². The summed E-state index contributed by atoms with van der Waals surface area (Å²) in [6, 6.07) is 5.02. The summed E-state index contributed by atoms with van der Waals surface area (Å²) < 4.78 is 5.56. The minimum Gasteiger partial charge on any atom is -0.479 e. The molecule has 1 atom stereocenters. The first-order chi connectivity index (χ1) is 11.0. The second-order valence-electron chi connectivity index (χ2n) is 4.91. The Kier molecular flexibility index (Phi) is 6.62. The fourth-order valence-electron chi connectivity index (χ4n) is 1.76. The molecule has 5 nitrogen and oxygen atoms in total. The van der Waals surface area contributed by atoms with Crippen LogP contribution >= 0.6 is 34.5 Å². The van der Waals surface area contributed by atoms with Gasteiger partial charge < -0.3 is 4.74 Å². The van der Waals surface area contributed by atoms with Crippen molar-refractivity contribution < 1.29 is 9.53 Å². The highest BCUT2D eigenvalue weighted by atomic mass is 35.5. The number of hydrogen-bond donors (Lipinski definition) is 1. The van der Waals surface area contributed by atoms with Crippen molar-refractivity contribution in [2.24, 2.45) is 0 Å². The minimum absolute atomic E-state index is 0.284. The van der Waals surface area contributed by atoms with Gasteiger partial charge in [0.2, 0.25) is 5.13 Å². The van der Waals surface area contributed by atoms with Gasteiger partial charge in [-0.2, -0.15) is 0 Å². The summed E-state index contributed by atoms with van der Waals surface area (Å²) in [5.74, 6) is 0.0435. The number of aromatic nitrogens is 2. The zero-order chi connectivity index (χ0) is 16.8. The maximum atomic E-state index is 12.2. The quantitative estimate of drug-likeness (QED) is 0.770. The predicted molar refractivity (Wildman–Crippen MR) is 93.7 cm³/mol. The number of benzene rings is 1. The largest absolute Gasteiger partial charge is 0.479 e. The van der Waals surface area contributed by atoms with Crippen LogP contribution < -0.4 is 10.1 Å². The van der Waals surface area contributed by atoms with Gasteiger partial charge in [-0.3, -0.25) is 10.1 Å². The molecule has 0 bridgehead atoms. The first-order valence-electron chi connectivity index (χ1n) is 7.25. The van der Waals surface area contributed by atoms with E-state index in [1.165, 1.54) is 11.3 Å². The summed E-state index contributed by atoms with van der Waals surface area (Å²) in [5.41, 5.74) is 0. The molecule has 0 aliphatic carbocycles. The fraction of sp³-hybridized carbons (Fsp3) is 0.400. The third kappa shape index (κ3) is 5.06. The van der Waals surface area contributed by atoms with Gasteiger partial charge in [0.05, 0.1) is 5.02 Å². The normalized spacial score (nSPS) is 12.0. The van der Waals surface area contributed by atoms with Crippen molar-refractivity contribution in [1.82, 2.24) is 10.2 Å². The van der Waals surface area contributed by atoms with Crippen LogP contribution in [-0.2, 0) is 11.2 Å². The van der Waals surface area contributed by atoms with Crippen LogP contribution in [0.25, 0.3) is 0 Å². The molecule has 0 aliphatic heterocycles. The van der Waals surface area contributed by atoms with E-state index in [-0.39, 0.29) is 10.9 Å². The SMILES string of the molecule is CCCCc1nnc(NC(=O)C(C)Oc2cccc(Cl)c2Cl)s1. The molecular weight excluding hydrogens is 357 g/mol. The predicted octanol–water partition coefficient (Wildman–Crippen LogP) is 4.59. The van der Waals surface area contributed by atoms with Gasteiger partial charge in [-0.15, -0.1) is 10.2 Å². The number of carbonyl (C=O) groups excluding carboxylic acids is 1. The second-order valence-corrected chi connectivity index (χ2v) is 6.75. The highest BCUT2D eigenvalue weighted by Gasteiger charge is 2.18. The van der Waals surface area contributed by atoms with Crippen LogP contribution in [0.4, 0.5) is 5.13 Å². The molecule has 2 rings (SSSR count). The van der Waals surface area contributed by atoms with Crippen molar-refractivity contribution in [2.75, 3.05) is 5.32 Å². The summed E-state index contributed by atoms with van der Waals surface area (Å²) >= 11 is 13.3. The van der Waals surface area contributed by atoms with E-state index >= 15 is 0 Å². The second kappa shape index (κ2) is 8.47. The maximum absolute atomic E-state index is 12.2. The van der Waals surface area contributed by atoms with Gasteiger partial charge in [0.15, 0.2) is 6.10 Å². The number of nitrogens with one attached hydrogen (secondary N) is 1. The summed E-state index contributed by atoms with van der Waals surface area (Å²) in [4.78, 5) is 12.2. The fourth-order valence-corrected chi connectivity index (χ4v) is 2.88. The molecule has 2 aromatic rings. The van der Waals surface area contributed by atoms with Gasteiger partial charge in [0.25, 0.3) is 5.91 Å². The molecule has 8 heteroatoms. The number of anilines is 1. The molecule has 1 heterocycles. The van der Waals surface area contributed by atoms with Crippen molar-refractivity contribution in [1.29, 1.82) is 0 Å².